The molecule has 0 spiro atoms. The van der Waals surface area contributed by atoms with Crippen molar-refractivity contribution in [1.82, 2.24) is 0 Å². The zero-order chi connectivity index (χ0) is 14.9. The summed E-state index contributed by atoms with van der Waals surface area (Å²) in [6.07, 6.45) is 1.61. The highest BCUT2D eigenvalue weighted by atomic mass is 32.2. The van der Waals surface area contributed by atoms with Crippen LogP contribution in [-0.4, -0.2) is 15.0 Å². The Morgan fingerprint density at radius 1 is 1.05 bits per heavy atom. The minimum Gasteiger partial charge on any atom is -0.485 e. The number of halogens is 1. The summed E-state index contributed by atoms with van der Waals surface area (Å²) in [6, 6.07) is 11.7. The van der Waals surface area contributed by atoms with Gasteiger partial charge in [-0.15, -0.1) is 0 Å². The van der Waals surface area contributed by atoms with Gasteiger partial charge in [0.05, 0.1) is 0 Å². The standard InChI is InChI=1S/C15H11FO4S/c16-12-5-7-14(8-6-12)21(17,18)20-13-9-11-3-1-2-4-15(11)19-10-13/h1-9H,10H2. The summed E-state index contributed by atoms with van der Waals surface area (Å²) in [5, 5.41) is 0. The number of para-hydroxylation sites is 1. The van der Waals surface area contributed by atoms with E-state index in [1.54, 1.807) is 18.2 Å². The van der Waals surface area contributed by atoms with Gasteiger partial charge < -0.3 is 8.92 Å². The molecule has 0 aromatic heterocycles. The van der Waals surface area contributed by atoms with E-state index >= 15 is 0 Å². The van der Waals surface area contributed by atoms with Crippen LogP contribution >= 0.6 is 0 Å². The lowest BCUT2D eigenvalue weighted by Crippen LogP contribution is -2.14. The molecule has 0 saturated heterocycles. The van der Waals surface area contributed by atoms with Gasteiger partial charge in [0.2, 0.25) is 0 Å². The van der Waals surface area contributed by atoms with Crippen molar-refractivity contribution in [3.05, 3.63) is 65.7 Å². The van der Waals surface area contributed by atoms with Gasteiger partial charge in [0.1, 0.15) is 23.1 Å². The highest BCUT2D eigenvalue weighted by Crippen LogP contribution is 2.27. The van der Waals surface area contributed by atoms with E-state index in [1.165, 1.54) is 0 Å². The summed E-state index contributed by atoms with van der Waals surface area (Å²) in [5.41, 5.74) is 0.744. The highest BCUT2D eigenvalue weighted by Gasteiger charge is 2.21. The van der Waals surface area contributed by atoms with Crippen molar-refractivity contribution in [2.75, 3.05) is 6.61 Å². The lowest BCUT2D eigenvalue weighted by atomic mass is 10.1. The van der Waals surface area contributed by atoms with Gasteiger partial charge in [-0.2, -0.15) is 8.42 Å². The highest BCUT2D eigenvalue weighted by molar-refractivity contribution is 7.86. The Balaban J connectivity index is 1.87. The first-order valence-corrected chi connectivity index (χ1v) is 7.58. The summed E-state index contributed by atoms with van der Waals surface area (Å²) >= 11 is 0. The fourth-order valence-electron chi connectivity index (χ4n) is 1.93. The maximum atomic E-state index is 12.8. The number of rotatable bonds is 3. The van der Waals surface area contributed by atoms with Gasteiger partial charge >= 0.3 is 10.1 Å². The second kappa shape index (κ2) is 5.21. The molecule has 0 aliphatic carbocycles. The first kappa shape index (κ1) is 13.6. The molecule has 0 atom stereocenters. The van der Waals surface area contributed by atoms with E-state index in [4.69, 9.17) is 8.92 Å². The Bertz CT molecular complexity index is 795. The maximum absolute atomic E-state index is 12.8. The Morgan fingerprint density at radius 3 is 2.52 bits per heavy atom. The van der Waals surface area contributed by atoms with Crippen LogP contribution in [0.1, 0.15) is 5.56 Å². The van der Waals surface area contributed by atoms with Crippen molar-refractivity contribution in [2.45, 2.75) is 4.90 Å². The zero-order valence-electron chi connectivity index (χ0n) is 10.8. The van der Waals surface area contributed by atoms with E-state index in [0.717, 1.165) is 29.8 Å². The molecule has 0 bridgehead atoms. The fraction of sp³-hybridized carbons (Fsp3) is 0.0667. The predicted octanol–water partition coefficient (Wildman–Crippen LogP) is 2.96. The molecule has 0 amide bonds. The van der Waals surface area contributed by atoms with Crippen molar-refractivity contribution >= 4 is 16.2 Å². The Morgan fingerprint density at radius 2 is 1.76 bits per heavy atom. The van der Waals surface area contributed by atoms with E-state index in [2.05, 4.69) is 0 Å². The SMILES string of the molecule is O=S(=O)(OC1=Cc2ccccc2OC1)c1ccc(F)cc1. The van der Waals surface area contributed by atoms with Crippen molar-refractivity contribution in [3.63, 3.8) is 0 Å². The Hall–Kier alpha value is -2.34. The van der Waals surface area contributed by atoms with Crippen molar-refractivity contribution in [3.8, 4) is 5.75 Å². The second-order valence-electron chi connectivity index (χ2n) is 4.43. The summed E-state index contributed by atoms with van der Waals surface area (Å²) in [5.74, 6) is 0.338. The van der Waals surface area contributed by atoms with Crippen LogP contribution < -0.4 is 4.74 Å². The third kappa shape index (κ3) is 2.90. The van der Waals surface area contributed by atoms with E-state index in [9.17, 15) is 12.8 Å². The number of fused-ring (bicyclic) bond motifs is 1. The van der Waals surface area contributed by atoms with Crippen LogP contribution in [0.2, 0.25) is 0 Å². The molecular formula is C15H11FO4S. The molecule has 1 aliphatic rings. The van der Waals surface area contributed by atoms with Gasteiger partial charge in [-0.3, -0.25) is 0 Å². The van der Waals surface area contributed by atoms with E-state index < -0.39 is 15.9 Å². The topological polar surface area (TPSA) is 52.6 Å². The molecule has 108 valence electrons. The number of hydrogen-bond donors (Lipinski definition) is 0. The predicted molar refractivity (Wildman–Crippen MR) is 74.6 cm³/mol. The number of ether oxygens (including phenoxy) is 1. The molecule has 0 saturated carbocycles. The van der Waals surface area contributed by atoms with Crippen LogP contribution in [0.25, 0.3) is 6.08 Å². The molecule has 3 rings (SSSR count). The van der Waals surface area contributed by atoms with Crippen molar-refractivity contribution < 1.29 is 21.7 Å². The smallest absolute Gasteiger partial charge is 0.339 e. The molecule has 1 aliphatic heterocycles. The van der Waals surface area contributed by atoms with Gasteiger partial charge in [0, 0.05) is 5.56 Å². The summed E-state index contributed by atoms with van der Waals surface area (Å²) in [6.45, 7) is 0.0252. The average Bonchev–Trinajstić information content (AvgIpc) is 2.47. The lowest BCUT2D eigenvalue weighted by molar-refractivity contribution is 0.278. The second-order valence-corrected chi connectivity index (χ2v) is 5.97. The lowest BCUT2D eigenvalue weighted by Gasteiger charge is -2.17. The number of benzene rings is 2. The quantitative estimate of drug-likeness (QED) is 0.818. The Kier molecular flexibility index (Phi) is 3.39. The molecule has 6 heteroatoms. The Labute approximate surface area is 121 Å². The van der Waals surface area contributed by atoms with Gasteiger partial charge in [0.25, 0.3) is 0 Å². The summed E-state index contributed by atoms with van der Waals surface area (Å²) in [4.78, 5) is -0.108. The minimum atomic E-state index is -3.99. The zero-order valence-corrected chi connectivity index (χ0v) is 11.6. The molecule has 0 radical (unpaired) electrons. The monoisotopic (exact) mass is 306 g/mol. The van der Waals surface area contributed by atoms with Crippen LogP contribution in [0.5, 0.6) is 5.75 Å². The van der Waals surface area contributed by atoms with Crippen LogP contribution in [0.4, 0.5) is 4.39 Å². The number of hydrogen-bond acceptors (Lipinski definition) is 4. The molecular weight excluding hydrogens is 295 g/mol. The van der Waals surface area contributed by atoms with Gasteiger partial charge in [-0.05, 0) is 36.4 Å². The molecule has 0 N–H and O–H groups in total. The van der Waals surface area contributed by atoms with Gasteiger partial charge in [-0.1, -0.05) is 18.2 Å². The third-order valence-corrected chi connectivity index (χ3v) is 4.21. The van der Waals surface area contributed by atoms with E-state index in [1.807, 2.05) is 12.1 Å². The molecule has 4 nitrogen and oxygen atoms in total. The maximum Gasteiger partial charge on any atom is 0.339 e. The third-order valence-electron chi connectivity index (χ3n) is 2.92. The summed E-state index contributed by atoms with van der Waals surface area (Å²) in [7, 11) is -3.99. The summed E-state index contributed by atoms with van der Waals surface area (Å²) < 4.78 is 47.5. The molecule has 21 heavy (non-hydrogen) atoms. The first-order valence-electron chi connectivity index (χ1n) is 6.17. The largest absolute Gasteiger partial charge is 0.485 e. The van der Waals surface area contributed by atoms with Crippen molar-refractivity contribution in [2.24, 2.45) is 0 Å². The molecule has 2 aromatic rings. The van der Waals surface area contributed by atoms with Crippen LogP contribution in [-0.2, 0) is 14.3 Å². The van der Waals surface area contributed by atoms with Gasteiger partial charge in [0.15, 0.2) is 5.76 Å². The van der Waals surface area contributed by atoms with Gasteiger partial charge in [-0.25, -0.2) is 4.39 Å². The fourth-order valence-corrected chi connectivity index (χ4v) is 2.88. The van der Waals surface area contributed by atoms with Crippen LogP contribution in [0.3, 0.4) is 0 Å². The first-order chi connectivity index (χ1) is 10.0. The minimum absolute atomic E-state index is 0.0252. The van der Waals surface area contributed by atoms with Crippen LogP contribution in [0, 0.1) is 5.82 Å². The molecule has 2 aromatic carbocycles. The molecule has 0 unspecified atom stereocenters. The normalized spacial score (nSPS) is 13.9. The van der Waals surface area contributed by atoms with Crippen molar-refractivity contribution in [1.29, 1.82) is 0 Å². The molecule has 1 heterocycles. The molecule has 0 fully saturated rings. The van der Waals surface area contributed by atoms with E-state index in [0.29, 0.717) is 5.75 Å². The average molecular weight is 306 g/mol. The van der Waals surface area contributed by atoms with Crippen LogP contribution in [0.15, 0.2) is 59.2 Å². The van der Waals surface area contributed by atoms with E-state index in [-0.39, 0.29) is 17.3 Å².